The highest BCUT2D eigenvalue weighted by molar-refractivity contribution is 5.27. The first kappa shape index (κ1) is 14.1. The van der Waals surface area contributed by atoms with Gasteiger partial charge in [0.1, 0.15) is 0 Å². The zero-order valence-corrected chi connectivity index (χ0v) is 8.91. The zero-order chi connectivity index (χ0) is 13.1. The van der Waals surface area contributed by atoms with E-state index in [4.69, 9.17) is 0 Å². The van der Waals surface area contributed by atoms with Gasteiger partial charge in [-0.2, -0.15) is 26.3 Å². The summed E-state index contributed by atoms with van der Waals surface area (Å²) in [6.07, 6.45) is -6.35. The summed E-state index contributed by atoms with van der Waals surface area (Å²) in [5.41, 5.74) is 0.437. The predicted molar refractivity (Wildman–Crippen MR) is 51.3 cm³/mol. The predicted octanol–water partition coefficient (Wildman–Crippen LogP) is 4.78. The summed E-state index contributed by atoms with van der Waals surface area (Å²) < 4.78 is 71.9. The second-order valence-electron chi connectivity index (χ2n) is 4.00. The number of hydrogen-bond acceptors (Lipinski definition) is 0. The van der Waals surface area contributed by atoms with Gasteiger partial charge in [-0.25, -0.2) is 0 Å². The van der Waals surface area contributed by atoms with Crippen LogP contribution < -0.4 is 0 Å². The van der Waals surface area contributed by atoms with E-state index in [1.807, 2.05) is 0 Å². The average Bonchev–Trinajstić information content (AvgIpc) is 2.56. The maximum absolute atomic E-state index is 12.0. The Kier molecular flexibility index (Phi) is 4.27. The van der Waals surface area contributed by atoms with Gasteiger partial charge in [0.25, 0.3) is 0 Å². The van der Waals surface area contributed by atoms with Crippen LogP contribution in [0, 0.1) is 5.92 Å². The van der Waals surface area contributed by atoms with Crippen molar-refractivity contribution in [3.05, 3.63) is 23.8 Å². The third kappa shape index (κ3) is 5.79. The van der Waals surface area contributed by atoms with Crippen molar-refractivity contribution in [1.82, 2.24) is 0 Å². The number of allylic oxidation sites excluding steroid dienone is 4. The third-order valence-electron chi connectivity index (χ3n) is 2.57. The number of hydrogen-bond donors (Lipinski definition) is 0. The van der Waals surface area contributed by atoms with Gasteiger partial charge in [0.2, 0.25) is 0 Å². The second kappa shape index (κ2) is 5.14. The van der Waals surface area contributed by atoms with Crippen LogP contribution in [0.3, 0.4) is 0 Å². The van der Waals surface area contributed by atoms with E-state index in [1.165, 1.54) is 18.2 Å². The summed E-state index contributed by atoms with van der Waals surface area (Å²) >= 11 is 0. The molecule has 0 aliphatic heterocycles. The lowest BCUT2D eigenvalue weighted by molar-refractivity contribution is -0.138. The van der Waals surface area contributed by atoms with E-state index in [2.05, 4.69) is 0 Å². The second-order valence-corrected chi connectivity index (χ2v) is 4.00. The first-order valence-electron chi connectivity index (χ1n) is 5.18. The maximum Gasteiger partial charge on any atom is 0.389 e. The van der Waals surface area contributed by atoms with Crippen molar-refractivity contribution in [1.29, 1.82) is 0 Å². The topological polar surface area (TPSA) is 0 Å². The largest absolute Gasteiger partial charge is 0.389 e. The van der Waals surface area contributed by atoms with Crippen LogP contribution in [0.1, 0.15) is 25.7 Å². The minimum atomic E-state index is -4.27. The summed E-state index contributed by atoms with van der Waals surface area (Å²) in [6, 6.07) is 0. The van der Waals surface area contributed by atoms with Crippen LogP contribution in [0.4, 0.5) is 26.3 Å². The summed E-state index contributed by atoms with van der Waals surface area (Å²) in [5, 5.41) is 0. The highest BCUT2D eigenvalue weighted by atomic mass is 19.4. The van der Waals surface area contributed by atoms with E-state index in [1.54, 1.807) is 0 Å². The molecule has 1 rings (SSSR count). The molecule has 1 atom stereocenters. The molecule has 0 amide bonds. The van der Waals surface area contributed by atoms with Crippen LogP contribution >= 0.6 is 0 Å². The molecule has 0 fully saturated rings. The quantitative estimate of drug-likeness (QED) is 0.636. The van der Waals surface area contributed by atoms with E-state index in [0.29, 0.717) is 5.57 Å². The minimum Gasteiger partial charge on any atom is -0.171 e. The molecule has 0 aromatic carbocycles. The Labute approximate surface area is 95.0 Å². The molecule has 1 aliphatic rings. The highest BCUT2D eigenvalue weighted by Gasteiger charge is 2.31. The van der Waals surface area contributed by atoms with Gasteiger partial charge in [0.15, 0.2) is 0 Å². The van der Waals surface area contributed by atoms with E-state index in [9.17, 15) is 26.3 Å². The van der Waals surface area contributed by atoms with Crippen LogP contribution in [0.25, 0.3) is 0 Å². The molecule has 0 heterocycles. The number of rotatable bonds is 4. The molecule has 0 N–H and O–H groups in total. The van der Waals surface area contributed by atoms with Crippen LogP contribution in [0.2, 0.25) is 0 Å². The molecule has 0 spiro atoms. The van der Waals surface area contributed by atoms with Gasteiger partial charge in [0, 0.05) is 12.8 Å². The van der Waals surface area contributed by atoms with Crippen molar-refractivity contribution in [2.75, 3.05) is 0 Å². The Morgan fingerprint density at radius 1 is 0.941 bits per heavy atom. The lowest BCUT2D eigenvalue weighted by Gasteiger charge is -2.15. The Morgan fingerprint density at radius 3 is 2.06 bits per heavy atom. The summed E-state index contributed by atoms with van der Waals surface area (Å²) in [6.45, 7) is 0. The molecule has 1 unspecified atom stereocenters. The lowest BCUT2D eigenvalue weighted by atomic mass is 9.94. The first-order chi connectivity index (χ1) is 7.67. The average molecular weight is 258 g/mol. The molecule has 98 valence electrons. The van der Waals surface area contributed by atoms with Gasteiger partial charge in [-0.05, 0) is 18.8 Å². The molecular formula is C11H12F6. The van der Waals surface area contributed by atoms with Crippen molar-refractivity contribution in [3.8, 4) is 0 Å². The van der Waals surface area contributed by atoms with Crippen molar-refractivity contribution in [2.45, 2.75) is 38.0 Å². The van der Waals surface area contributed by atoms with Gasteiger partial charge in [0.05, 0.1) is 0 Å². The molecule has 17 heavy (non-hydrogen) atoms. The molecule has 0 saturated carbocycles. The van der Waals surface area contributed by atoms with Crippen molar-refractivity contribution in [3.63, 3.8) is 0 Å². The fourth-order valence-electron chi connectivity index (χ4n) is 1.72. The normalized spacial score (nSPS) is 20.8. The molecule has 1 aliphatic carbocycles. The van der Waals surface area contributed by atoms with Crippen molar-refractivity contribution < 1.29 is 26.3 Å². The molecule has 0 aromatic rings. The summed E-state index contributed by atoms with van der Waals surface area (Å²) in [4.78, 5) is 0. The fourth-order valence-corrected chi connectivity index (χ4v) is 1.72. The summed E-state index contributed by atoms with van der Waals surface area (Å²) in [5.74, 6) is -0.501. The van der Waals surface area contributed by atoms with E-state index in [-0.39, 0.29) is 12.8 Å². The first-order valence-corrected chi connectivity index (χ1v) is 5.18. The molecule has 6 heteroatoms. The van der Waals surface area contributed by atoms with Gasteiger partial charge < -0.3 is 0 Å². The standard InChI is InChI=1S/C11H12F6/c12-10(13,14)6-4-8-2-1-3-9(8)5-7-11(15,16)17/h1-3,8H,4-7H2. The summed E-state index contributed by atoms with van der Waals surface area (Å²) in [7, 11) is 0. The molecular weight excluding hydrogens is 246 g/mol. The van der Waals surface area contributed by atoms with Crippen LogP contribution in [-0.2, 0) is 0 Å². The molecule has 0 aromatic heterocycles. The van der Waals surface area contributed by atoms with Crippen LogP contribution in [0.5, 0.6) is 0 Å². The Morgan fingerprint density at radius 2 is 1.53 bits per heavy atom. The lowest BCUT2D eigenvalue weighted by Crippen LogP contribution is -2.12. The van der Waals surface area contributed by atoms with Crippen LogP contribution in [0.15, 0.2) is 23.8 Å². The molecule has 0 saturated heterocycles. The monoisotopic (exact) mass is 258 g/mol. The number of halogens is 6. The van der Waals surface area contributed by atoms with Gasteiger partial charge in [-0.1, -0.05) is 23.8 Å². The van der Waals surface area contributed by atoms with Crippen molar-refractivity contribution >= 4 is 0 Å². The van der Waals surface area contributed by atoms with E-state index >= 15 is 0 Å². The molecule has 0 radical (unpaired) electrons. The van der Waals surface area contributed by atoms with Gasteiger partial charge >= 0.3 is 12.4 Å². The molecule has 0 bridgehead atoms. The van der Waals surface area contributed by atoms with Gasteiger partial charge in [-0.15, -0.1) is 0 Å². The maximum atomic E-state index is 12.0. The van der Waals surface area contributed by atoms with E-state index < -0.39 is 31.1 Å². The van der Waals surface area contributed by atoms with Crippen LogP contribution in [-0.4, -0.2) is 12.4 Å². The highest BCUT2D eigenvalue weighted by Crippen LogP contribution is 2.34. The smallest absolute Gasteiger partial charge is 0.171 e. The Hall–Kier alpha value is -0.940. The minimum absolute atomic E-state index is 0.177. The fraction of sp³-hybridized carbons (Fsp3) is 0.636. The SMILES string of the molecule is FC(F)(F)CCC1=CC=CC1CCC(F)(F)F. The Balaban J connectivity index is 2.41. The zero-order valence-electron chi connectivity index (χ0n) is 8.91. The van der Waals surface area contributed by atoms with E-state index in [0.717, 1.165) is 0 Å². The third-order valence-corrected chi connectivity index (χ3v) is 2.57. The van der Waals surface area contributed by atoms with Crippen molar-refractivity contribution in [2.24, 2.45) is 5.92 Å². The number of alkyl halides is 6. The molecule has 0 nitrogen and oxygen atoms in total. The Bertz CT molecular complexity index is 307. The van der Waals surface area contributed by atoms with Gasteiger partial charge in [-0.3, -0.25) is 0 Å².